The molecule has 0 fully saturated rings. The van der Waals surface area contributed by atoms with Crippen LogP contribution in [0.25, 0.3) is 0 Å². The van der Waals surface area contributed by atoms with Gasteiger partial charge in [0.15, 0.2) is 0 Å². The van der Waals surface area contributed by atoms with Crippen molar-refractivity contribution in [2.75, 3.05) is 25.1 Å². The molecule has 0 saturated heterocycles. The lowest BCUT2D eigenvalue weighted by atomic mass is 10.0. The molecule has 0 aliphatic carbocycles. The summed E-state index contributed by atoms with van der Waals surface area (Å²) in [7, 11) is 0. The molecule has 25 heavy (non-hydrogen) atoms. The van der Waals surface area contributed by atoms with Crippen LogP contribution in [0.3, 0.4) is 0 Å². The van der Waals surface area contributed by atoms with E-state index < -0.39 is 12.1 Å². The van der Waals surface area contributed by atoms with Crippen molar-refractivity contribution in [3.05, 3.63) is 18.3 Å². The Labute approximate surface area is 148 Å². The Balaban J connectivity index is 2.57. The summed E-state index contributed by atoms with van der Waals surface area (Å²) in [6.07, 6.45) is 1.83. The van der Waals surface area contributed by atoms with Crippen LogP contribution in [-0.2, 0) is 4.74 Å². The molecule has 0 spiro atoms. The zero-order valence-electron chi connectivity index (χ0n) is 15.3. The molecule has 3 amide bonds. The van der Waals surface area contributed by atoms with Crippen LogP contribution in [0.1, 0.15) is 34.1 Å². The summed E-state index contributed by atoms with van der Waals surface area (Å²) >= 11 is 0. The maximum atomic E-state index is 12.1. The molecule has 8 heteroatoms. The minimum atomic E-state index is -0.485. The van der Waals surface area contributed by atoms with E-state index in [1.807, 2.05) is 20.8 Å². The molecule has 0 saturated carbocycles. The molecule has 1 rings (SSSR count). The van der Waals surface area contributed by atoms with E-state index in [0.717, 1.165) is 6.42 Å². The van der Waals surface area contributed by atoms with Crippen molar-refractivity contribution in [3.8, 4) is 5.88 Å². The highest BCUT2D eigenvalue weighted by Gasteiger charge is 2.16. The van der Waals surface area contributed by atoms with Gasteiger partial charge in [-0.25, -0.2) is 14.6 Å². The third kappa shape index (κ3) is 8.23. The number of anilines is 1. The van der Waals surface area contributed by atoms with Crippen LogP contribution in [0.15, 0.2) is 18.3 Å². The summed E-state index contributed by atoms with van der Waals surface area (Å²) in [5.74, 6) is 0.725. The second kappa shape index (κ2) is 11.1. The summed E-state index contributed by atoms with van der Waals surface area (Å²) in [5, 5.41) is 8.21. The van der Waals surface area contributed by atoms with Gasteiger partial charge in [-0.3, -0.25) is 0 Å². The first kappa shape index (κ1) is 20.5. The number of amides is 3. The molecule has 0 bridgehead atoms. The van der Waals surface area contributed by atoms with Gasteiger partial charge in [0.2, 0.25) is 5.88 Å². The van der Waals surface area contributed by atoms with Crippen molar-refractivity contribution in [2.24, 2.45) is 5.92 Å². The van der Waals surface area contributed by atoms with Crippen LogP contribution in [0.4, 0.5) is 15.3 Å². The normalized spacial score (nSPS) is 11.6. The van der Waals surface area contributed by atoms with Gasteiger partial charge >= 0.3 is 12.1 Å². The van der Waals surface area contributed by atoms with Crippen LogP contribution in [0.2, 0.25) is 0 Å². The van der Waals surface area contributed by atoms with Gasteiger partial charge in [-0.1, -0.05) is 13.8 Å². The number of alkyl carbamates (subject to hydrolysis) is 1. The zero-order chi connectivity index (χ0) is 18.7. The number of urea groups is 1. The molecule has 1 atom stereocenters. The Morgan fingerprint density at radius 1 is 1.24 bits per heavy atom. The minimum absolute atomic E-state index is 0.218. The average Bonchev–Trinajstić information content (AvgIpc) is 2.54. The molecule has 0 unspecified atom stereocenters. The smallest absolute Gasteiger partial charge is 0.407 e. The summed E-state index contributed by atoms with van der Waals surface area (Å²) in [6, 6.07) is 2.81. The second-order valence-corrected chi connectivity index (χ2v) is 5.82. The van der Waals surface area contributed by atoms with E-state index in [2.05, 4.69) is 20.9 Å². The number of carbonyl (C=O) groups excluding carboxylic acids is 2. The van der Waals surface area contributed by atoms with E-state index in [1.165, 1.54) is 0 Å². The third-order valence-electron chi connectivity index (χ3n) is 3.16. The van der Waals surface area contributed by atoms with E-state index in [-0.39, 0.29) is 12.6 Å². The Hall–Kier alpha value is -2.51. The fourth-order valence-corrected chi connectivity index (χ4v) is 2.22. The van der Waals surface area contributed by atoms with Crippen molar-refractivity contribution in [1.82, 2.24) is 15.6 Å². The van der Waals surface area contributed by atoms with Crippen LogP contribution in [0, 0.1) is 5.92 Å². The van der Waals surface area contributed by atoms with Gasteiger partial charge in [-0.05, 0) is 38.3 Å². The molecule has 140 valence electrons. The monoisotopic (exact) mass is 352 g/mol. The molecule has 0 aliphatic heterocycles. The number of hydrogen-bond donors (Lipinski definition) is 3. The Kier molecular flexibility index (Phi) is 9.13. The van der Waals surface area contributed by atoms with Crippen LogP contribution >= 0.6 is 0 Å². The highest BCUT2D eigenvalue weighted by Crippen LogP contribution is 2.20. The molecule has 0 aliphatic rings. The number of rotatable bonds is 9. The van der Waals surface area contributed by atoms with E-state index in [0.29, 0.717) is 30.7 Å². The Morgan fingerprint density at radius 2 is 2.00 bits per heavy atom. The summed E-state index contributed by atoms with van der Waals surface area (Å²) in [4.78, 5) is 27.8. The maximum Gasteiger partial charge on any atom is 0.407 e. The van der Waals surface area contributed by atoms with Gasteiger partial charge in [0.1, 0.15) is 5.69 Å². The van der Waals surface area contributed by atoms with Crippen LogP contribution in [-0.4, -0.2) is 42.9 Å². The van der Waals surface area contributed by atoms with Crippen molar-refractivity contribution < 1.29 is 19.1 Å². The first-order valence-corrected chi connectivity index (χ1v) is 8.52. The Bertz CT molecular complexity index is 551. The number of carbonyl (C=O) groups is 2. The van der Waals surface area contributed by atoms with Crippen molar-refractivity contribution >= 4 is 17.8 Å². The topological polar surface area (TPSA) is 102 Å². The number of hydrogen-bond acceptors (Lipinski definition) is 5. The minimum Gasteiger partial charge on any atom is -0.476 e. The highest BCUT2D eigenvalue weighted by atomic mass is 16.5. The molecular formula is C17H28N4O4. The van der Waals surface area contributed by atoms with Gasteiger partial charge in [0, 0.05) is 18.8 Å². The molecule has 1 heterocycles. The van der Waals surface area contributed by atoms with Gasteiger partial charge in [0.05, 0.1) is 13.2 Å². The number of aromatic nitrogens is 1. The number of pyridine rings is 1. The molecule has 0 aromatic carbocycles. The Morgan fingerprint density at radius 3 is 2.64 bits per heavy atom. The number of nitrogens with zero attached hydrogens (tertiary/aromatic N) is 1. The first-order valence-electron chi connectivity index (χ1n) is 8.52. The lowest BCUT2D eigenvalue weighted by Crippen LogP contribution is -2.45. The SMILES string of the molecule is CCOC(=O)N[C@H](CNC(=O)Nc1cccnc1OCC)CC(C)C. The highest BCUT2D eigenvalue weighted by molar-refractivity contribution is 5.90. The summed E-state index contributed by atoms with van der Waals surface area (Å²) < 4.78 is 10.3. The van der Waals surface area contributed by atoms with Gasteiger partial charge in [-0.15, -0.1) is 0 Å². The summed E-state index contributed by atoms with van der Waals surface area (Å²) in [5.41, 5.74) is 0.487. The average molecular weight is 352 g/mol. The first-order chi connectivity index (χ1) is 12.0. The number of ether oxygens (including phenoxy) is 2. The molecule has 1 aromatic rings. The lowest BCUT2D eigenvalue weighted by molar-refractivity contribution is 0.146. The predicted molar refractivity (Wildman–Crippen MR) is 95.8 cm³/mol. The summed E-state index contributed by atoms with van der Waals surface area (Å²) in [6.45, 7) is 8.71. The quantitative estimate of drug-likeness (QED) is 0.634. The van der Waals surface area contributed by atoms with Gasteiger partial charge < -0.3 is 25.4 Å². The maximum absolute atomic E-state index is 12.1. The van der Waals surface area contributed by atoms with Gasteiger partial charge in [0.25, 0.3) is 0 Å². The molecule has 1 aromatic heterocycles. The molecule has 3 N–H and O–H groups in total. The van der Waals surface area contributed by atoms with E-state index in [9.17, 15) is 9.59 Å². The lowest BCUT2D eigenvalue weighted by Gasteiger charge is -2.21. The van der Waals surface area contributed by atoms with Crippen molar-refractivity contribution in [1.29, 1.82) is 0 Å². The van der Waals surface area contributed by atoms with Gasteiger partial charge in [-0.2, -0.15) is 0 Å². The van der Waals surface area contributed by atoms with Crippen LogP contribution < -0.4 is 20.7 Å². The molecule has 8 nitrogen and oxygen atoms in total. The standard InChI is InChI=1S/C17H28N4O4/c1-5-24-15-14(8-7-9-18-15)21-16(22)19-11-13(10-12(3)4)20-17(23)25-6-2/h7-9,12-13H,5-6,10-11H2,1-4H3,(H,20,23)(H2,19,21,22)/t13-/m0/s1. The fourth-order valence-electron chi connectivity index (χ4n) is 2.22. The third-order valence-corrected chi connectivity index (χ3v) is 3.16. The van der Waals surface area contributed by atoms with Crippen LogP contribution in [0.5, 0.6) is 5.88 Å². The molecule has 0 radical (unpaired) electrons. The van der Waals surface area contributed by atoms with Crippen molar-refractivity contribution in [2.45, 2.75) is 40.2 Å². The van der Waals surface area contributed by atoms with E-state index >= 15 is 0 Å². The fraction of sp³-hybridized carbons (Fsp3) is 0.588. The van der Waals surface area contributed by atoms with E-state index in [4.69, 9.17) is 9.47 Å². The molecular weight excluding hydrogens is 324 g/mol. The predicted octanol–water partition coefficient (Wildman–Crippen LogP) is 2.76. The number of nitrogens with one attached hydrogen (secondary N) is 3. The van der Waals surface area contributed by atoms with Crippen molar-refractivity contribution in [3.63, 3.8) is 0 Å². The van der Waals surface area contributed by atoms with E-state index in [1.54, 1.807) is 25.3 Å². The zero-order valence-corrected chi connectivity index (χ0v) is 15.3. The largest absolute Gasteiger partial charge is 0.476 e. The second-order valence-electron chi connectivity index (χ2n) is 5.82.